The van der Waals surface area contributed by atoms with Crippen LogP contribution in [0, 0.1) is 0 Å². The van der Waals surface area contributed by atoms with Crippen molar-refractivity contribution in [3.63, 3.8) is 0 Å². The minimum Gasteiger partial charge on any atom is -0.496 e. The maximum absolute atomic E-state index is 12.8. The fraction of sp³-hybridized carbons (Fsp3) is 0.292. The monoisotopic (exact) mass is 436 g/mol. The standard InChI is InChI=1S/C24H25ClN4O2/c1-31-22-11-9-18(25)16-20(22)24(30)26-19-8-6-7-17(15-19)21-10-12-23(28-27-21)29-13-4-2-3-5-14-29/h6-12,15-16H,2-5,13-14H2,1H3,(H,26,30). The molecule has 31 heavy (non-hydrogen) atoms. The third kappa shape index (κ3) is 5.14. The molecule has 0 bridgehead atoms. The molecule has 0 atom stereocenters. The fourth-order valence-electron chi connectivity index (χ4n) is 3.76. The van der Waals surface area contributed by atoms with Crippen LogP contribution in [0.5, 0.6) is 5.75 Å². The number of nitrogens with one attached hydrogen (secondary N) is 1. The first kappa shape index (κ1) is 21.1. The second kappa shape index (κ2) is 9.79. The van der Waals surface area contributed by atoms with E-state index in [0.717, 1.165) is 30.2 Å². The number of carbonyl (C=O) groups excluding carboxylic acids is 1. The van der Waals surface area contributed by atoms with Crippen molar-refractivity contribution in [1.29, 1.82) is 0 Å². The van der Waals surface area contributed by atoms with Gasteiger partial charge in [-0.05, 0) is 55.3 Å². The van der Waals surface area contributed by atoms with E-state index in [-0.39, 0.29) is 5.91 Å². The van der Waals surface area contributed by atoms with Gasteiger partial charge in [-0.25, -0.2) is 0 Å². The molecular weight excluding hydrogens is 412 g/mol. The zero-order chi connectivity index (χ0) is 21.6. The summed E-state index contributed by atoms with van der Waals surface area (Å²) in [6.45, 7) is 2.06. The lowest BCUT2D eigenvalue weighted by molar-refractivity contribution is 0.102. The van der Waals surface area contributed by atoms with Crippen LogP contribution in [-0.4, -0.2) is 36.3 Å². The van der Waals surface area contributed by atoms with E-state index < -0.39 is 0 Å². The third-order valence-electron chi connectivity index (χ3n) is 5.40. The van der Waals surface area contributed by atoms with Crippen LogP contribution in [-0.2, 0) is 0 Å². The quantitative estimate of drug-likeness (QED) is 0.576. The van der Waals surface area contributed by atoms with Crippen LogP contribution < -0.4 is 15.0 Å². The van der Waals surface area contributed by atoms with Crippen LogP contribution in [0.1, 0.15) is 36.0 Å². The molecule has 7 heteroatoms. The molecule has 1 saturated heterocycles. The summed E-state index contributed by atoms with van der Waals surface area (Å²) < 4.78 is 5.28. The number of methoxy groups -OCH3 is 1. The Morgan fingerprint density at radius 1 is 1.00 bits per heavy atom. The zero-order valence-corrected chi connectivity index (χ0v) is 18.2. The van der Waals surface area contributed by atoms with Crippen molar-refractivity contribution in [1.82, 2.24) is 10.2 Å². The van der Waals surface area contributed by atoms with E-state index in [9.17, 15) is 4.79 Å². The molecule has 0 aliphatic carbocycles. The Bertz CT molecular complexity index is 1050. The molecule has 160 valence electrons. The molecule has 1 aliphatic rings. The van der Waals surface area contributed by atoms with E-state index in [2.05, 4.69) is 20.4 Å². The van der Waals surface area contributed by atoms with E-state index in [1.807, 2.05) is 36.4 Å². The molecule has 0 saturated carbocycles. The van der Waals surface area contributed by atoms with E-state index in [4.69, 9.17) is 16.3 Å². The fourth-order valence-corrected chi connectivity index (χ4v) is 3.93. The number of aromatic nitrogens is 2. The molecule has 0 spiro atoms. The predicted molar refractivity (Wildman–Crippen MR) is 124 cm³/mol. The van der Waals surface area contributed by atoms with Gasteiger partial charge in [-0.2, -0.15) is 0 Å². The van der Waals surface area contributed by atoms with Gasteiger partial charge in [-0.1, -0.05) is 36.6 Å². The Hall–Kier alpha value is -3.12. The topological polar surface area (TPSA) is 67.3 Å². The molecule has 4 rings (SSSR count). The molecule has 1 amide bonds. The van der Waals surface area contributed by atoms with Crippen LogP contribution in [0.2, 0.25) is 5.02 Å². The summed E-state index contributed by atoms with van der Waals surface area (Å²) in [6, 6.07) is 16.5. The number of hydrogen-bond acceptors (Lipinski definition) is 5. The predicted octanol–water partition coefficient (Wildman–Crippen LogP) is 5.44. The molecule has 1 fully saturated rings. The van der Waals surface area contributed by atoms with Gasteiger partial charge in [0.2, 0.25) is 0 Å². The SMILES string of the molecule is COc1ccc(Cl)cc1C(=O)Nc1cccc(-c2ccc(N3CCCCCC3)nn2)c1. The van der Waals surface area contributed by atoms with Crippen LogP contribution in [0.25, 0.3) is 11.3 Å². The molecular formula is C24H25ClN4O2. The van der Waals surface area contributed by atoms with Gasteiger partial charge in [0.05, 0.1) is 18.4 Å². The second-order valence-corrected chi connectivity index (χ2v) is 7.99. The van der Waals surface area contributed by atoms with Crippen molar-refractivity contribution in [2.45, 2.75) is 25.7 Å². The van der Waals surface area contributed by atoms with Crippen LogP contribution in [0.15, 0.2) is 54.6 Å². The minimum absolute atomic E-state index is 0.293. The summed E-state index contributed by atoms with van der Waals surface area (Å²) in [4.78, 5) is 15.1. The number of nitrogens with zero attached hydrogens (tertiary/aromatic N) is 3. The van der Waals surface area contributed by atoms with Crippen molar-refractivity contribution in [3.8, 4) is 17.0 Å². The Morgan fingerprint density at radius 2 is 1.81 bits per heavy atom. The summed E-state index contributed by atoms with van der Waals surface area (Å²) in [5, 5.41) is 12.3. The van der Waals surface area contributed by atoms with Gasteiger partial charge in [0.15, 0.2) is 5.82 Å². The van der Waals surface area contributed by atoms with Crippen LogP contribution >= 0.6 is 11.6 Å². The Morgan fingerprint density at radius 3 is 2.52 bits per heavy atom. The Labute approximate surface area is 187 Å². The summed E-state index contributed by atoms with van der Waals surface area (Å²) >= 11 is 6.05. The highest BCUT2D eigenvalue weighted by atomic mass is 35.5. The lowest BCUT2D eigenvalue weighted by atomic mass is 10.1. The number of hydrogen-bond donors (Lipinski definition) is 1. The smallest absolute Gasteiger partial charge is 0.259 e. The molecule has 1 N–H and O–H groups in total. The van der Waals surface area contributed by atoms with Crippen LogP contribution in [0.3, 0.4) is 0 Å². The number of anilines is 2. The largest absolute Gasteiger partial charge is 0.496 e. The first-order valence-corrected chi connectivity index (χ1v) is 10.9. The molecule has 6 nitrogen and oxygen atoms in total. The molecule has 2 heterocycles. The van der Waals surface area contributed by atoms with Gasteiger partial charge >= 0.3 is 0 Å². The van der Waals surface area contributed by atoms with Gasteiger partial charge in [0.1, 0.15) is 5.75 Å². The summed E-state index contributed by atoms with van der Waals surface area (Å²) in [6.07, 6.45) is 4.95. The number of rotatable bonds is 5. The third-order valence-corrected chi connectivity index (χ3v) is 5.64. The summed E-state index contributed by atoms with van der Waals surface area (Å²) in [5.74, 6) is 1.09. The number of carbonyl (C=O) groups is 1. The maximum Gasteiger partial charge on any atom is 0.259 e. The molecule has 1 aliphatic heterocycles. The molecule has 2 aromatic carbocycles. The Balaban J connectivity index is 1.51. The highest BCUT2D eigenvalue weighted by Gasteiger charge is 2.15. The van der Waals surface area contributed by atoms with Crippen molar-refractivity contribution in [3.05, 3.63) is 65.2 Å². The first-order valence-electron chi connectivity index (χ1n) is 10.5. The normalized spacial score (nSPS) is 14.1. The summed E-state index contributed by atoms with van der Waals surface area (Å²) in [5.41, 5.74) is 2.67. The average molecular weight is 437 g/mol. The van der Waals surface area contributed by atoms with E-state index >= 15 is 0 Å². The van der Waals surface area contributed by atoms with E-state index in [0.29, 0.717) is 22.0 Å². The average Bonchev–Trinajstić information content (AvgIpc) is 3.09. The zero-order valence-electron chi connectivity index (χ0n) is 17.5. The van der Waals surface area contributed by atoms with Crippen molar-refractivity contribution in [2.75, 3.05) is 30.4 Å². The van der Waals surface area contributed by atoms with Crippen molar-refractivity contribution >= 4 is 29.0 Å². The van der Waals surface area contributed by atoms with Gasteiger partial charge < -0.3 is 15.0 Å². The van der Waals surface area contributed by atoms with Gasteiger partial charge in [0.25, 0.3) is 5.91 Å². The second-order valence-electron chi connectivity index (χ2n) is 7.56. The lowest BCUT2D eigenvalue weighted by Crippen LogP contribution is -2.25. The molecule has 1 aromatic heterocycles. The number of halogens is 1. The van der Waals surface area contributed by atoms with Gasteiger partial charge in [-0.15, -0.1) is 10.2 Å². The van der Waals surface area contributed by atoms with Crippen LogP contribution in [0.4, 0.5) is 11.5 Å². The molecule has 3 aromatic rings. The lowest BCUT2D eigenvalue weighted by Gasteiger charge is -2.20. The number of ether oxygens (including phenoxy) is 1. The number of benzene rings is 2. The van der Waals surface area contributed by atoms with Crippen molar-refractivity contribution < 1.29 is 9.53 Å². The van der Waals surface area contributed by atoms with Gasteiger partial charge in [-0.3, -0.25) is 4.79 Å². The highest BCUT2D eigenvalue weighted by molar-refractivity contribution is 6.31. The minimum atomic E-state index is -0.293. The van der Waals surface area contributed by atoms with Crippen molar-refractivity contribution in [2.24, 2.45) is 0 Å². The van der Waals surface area contributed by atoms with E-state index in [1.54, 1.807) is 18.2 Å². The van der Waals surface area contributed by atoms with Gasteiger partial charge in [0, 0.05) is 29.4 Å². The number of amides is 1. The van der Waals surface area contributed by atoms with E-state index in [1.165, 1.54) is 32.8 Å². The molecule has 0 radical (unpaired) electrons. The molecule has 0 unspecified atom stereocenters. The highest BCUT2D eigenvalue weighted by Crippen LogP contribution is 2.26. The maximum atomic E-state index is 12.8. The first-order chi connectivity index (χ1) is 15.1. The summed E-state index contributed by atoms with van der Waals surface area (Å²) in [7, 11) is 1.52. The Kier molecular flexibility index (Phi) is 6.67.